The van der Waals surface area contributed by atoms with E-state index >= 15 is 0 Å². The average molecular weight is 199 g/mol. The average Bonchev–Trinajstić information content (AvgIpc) is 2.12. The zero-order valence-corrected chi connectivity index (χ0v) is 8.96. The number of aliphatic hydroxyl groups is 1. The second-order valence-corrected chi connectivity index (χ2v) is 5.20. The van der Waals surface area contributed by atoms with Gasteiger partial charge in [-0.15, -0.1) is 0 Å². The third-order valence-electron chi connectivity index (χ3n) is 3.37. The van der Waals surface area contributed by atoms with Crippen LogP contribution >= 0.6 is 0 Å². The van der Waals surface area contributed by atoms with Crippen molar-refractivity contribution in [3.05, 3.63) is 0 Å². The number of hydrogen-bond donors (Lipinski definition) is 2. The van der Waals surface area contributed by atoms with E-state index in [0.717, 1.165) is 39.0 Å². The predicted molar refractivity (Wildman–Crippen MR) is 55.2 cm³/mol. The molecule has 1 saturated carbocycles. The molecule has 0 radical (unpaired) electrons. The standard InChI is InChI=1S/C11H21NO2/c1-11(7-14-8-11)6-12-9-3-2-4-10(13)5-9/h9-10,12-13H,2-8H2,1H3. The van der Waals surface area contributed by atoms with Crippen molar-refractivity contribution in [2.24, 2.45) is 5.41 Å². The second-order valence-electron chi connectivity index (χ2n) is 5.20. The van der Waals surface area contributed by atoms with Gasteiger partial charge in [-0.2, -0.15) is 0 Å². The molecule has 0 aromatic rings. The molecule has 1 aliphatic heterocycles. The van der Waals surface area contributed by atoms with E-state index in [-0.39, 0.29) is 6.10 Å². The van der Waals surface area contributed by atoms with Crippen molar-refractivity contribution in [2.45, 2.75) is 44.8 Å². The highest BCUT2D eigenvalue weighted by Crippen LogP contribution is 2.26. The van der Waals surface area contributed by atoms with Gasteiger partial charge in [0, 0.05) is 18.0 Å². The van der Waals surface area contributed by atoms with E-state index in [1.54, 1.807) is 0 Å². The Labute approximate surface area is 85.8 Å². The van der Waals surface area contributed by atoms with E-state index in [0.29, 0.717) is 11.5 Å². The summed E-state index contributed by atoms with van der Waals surface area (Å²) in [6.07, 6.45) is 4.21. The molecule has 2 atom stereocenters. The maximum Gasteiger partial charge on any atom is 0.0555 e. The lowest BCUT2D eigenvalue weighted by molar-refractivity contribution is -0.101. The molecule has 0 aromatic carbocycles. The van der Waals surface area contributed by atoms with Gasteiger partial charge in [-0.3, -0.25) is 0 Å². The Bertz CT molecular complexity index is 192. The molecule has 2 fully saturated rings. The largest absolute Gasteiger partial charge is 0.393 e. The lowest BCUT2D eigenvalue weighted by Gasteiger charge is -2.40. The summed E-state index contributed by atoms with van der Waals surface area (Å²) in [5.74, 6) is 0. The smallest absolute Gasteiger partial charge is 0.0555 e. The van der Waals surface area contributed by atoms with Gasteiger partial charge in [0.25, 0.3) is 0 Å². The molecule has 3 nitrogen and oxygen atoms in total. The van der Waals surface area contributed by atoms with Crippen LogP contribution in [0.25, 0.3) is 0 Å². The van der Waals surface area contributed by atoms with Crippen LogP contribution < -0.4 is 5.32 Å². The molecule has 2 unspecified atom stereocenters. The molecular weight excluding hydrogens is 178 g/mol. The predicted octanol–water partition coefficient (Wildman–Crippen LogP) is 0.916. The van der Waals surface area contributed by atoms with Crippen LogP contribution in [0.15, 0.2) is 0 Å². The molecule has 0 bridgehead atoms. The van der Waals surface area contributed by atoms with Crippen molar-refractivity contribution >= 4 is 0 Å². The van der Waals surface area contributed by atoms with Crippen molar-refractivity contribution in [2.75, 3.05) is 19.8 Å². The topological polar surface area (TPSA) is 41.5 Å². The Balaban J connectivity index is 1.69. The summed E-state index contributed by atoms with van der Waals surface area (Å²) in [5.41, 5.74) is 0.350. The normalized spacial score (nSPS) is 36.4. The maximum absolute atomic E-state index is 9.52. The second kappa shape index (κ2) is 4.17. The van der Waals surface area contributed by atoms with Crippen LogP contribution in [0.3, 0.4) is 0 Å². The summed E-state index contributed by atoms with van der Waals surface area (Å²) in [6, 6.07) is 0.524. The van der Waals surface area contributed by atoms with Gasteiger partial charge in [-0.25, -0.2) is 0 Å². The lowest BCUT2D eigenvalue weighted by Crippen LogP contribution is -2.50. The molecule has 2 N–H and O–H groups in total. The van der Waals surface area contributed by atoms with E-state index in [1.807, 2.05) is 0 Å². The Morgan fingerprint density at radius 2 is 2.21 bits per heavy atom. The van der Waals surface area contributed by atoms with Gasteiger partial charge in [-0.1, -0.05) is 6.92 Å². The molecule has 82 valence electrons. The lowest BCUT2D eigenvalue weighted by atomic mass is 9.87. The SMILES string of the molecule is CC1(CNC2CCCC(O)C2)COC1. The summed E-state index contributed by atoms with van der Waals surface area (Å²) in [5, 5.41) is 13.1. The van der Waals surface area contributed by atoms with Crippen molar-refractivity contribution in [1.29, 1.82) is 0 Å². The molecule has 1 saturated heterocycles. The van der Waals surface area contributed by atoms with Gasteiger partial charge in [0.15, 0.2) is 0 Å². The molecule has 14 heavy (non-hydrogen) atoms. The van der Waals surface area contributed by atoms with Crippen molar-refractivity contribution in [3.63, 3.8) is 0 Å². The first kappa shape index (κ1) is 10.4. The zero-order chi connectivity index (χ0) is 10.0. The van der Waals surface area contributed by atoms with Crippen LogP contribution in [0.1, 0.15) is 32.6 Å². The van der Waals surface area contributed by atoms with Gasteiger partial charge in [0.2, 0.25) is 0 Å². The minimum absolute atomic E-state index is 0.0771. The third kappa shape index (κ3) is 2.47. The molecule has 0 aromatic heterocycles. The summed E-state index contributed by atoms with van der Waals surface area (Å²) >= 11 is 0. The van der Waals surface area contributed by atoms with Crippen molar-refractivity contribution in [1.82, 2.24) is 5.32 Å². The number of rotatable bonds is 3. The van der Waals surface area contributed by atoms with Crippen LogP contribution in [-0.2, 0) is 4.74 Å². The van der Waals surface area contributed by atoms with Gasteiger partial charge in [0.1, 0.15) is 0 Å². The van der Waals surface area contributed by atoms with Gasteiger partial charge < -0.3 is 15.2 Å². The Morgan fingerprint density at radius 3 is 2.79 bits per heavy atom. The highest BCUT2D eigenvalue weighted by Gasteiger charge is 2.34. The van der Waals surface area contributed by atoms with Crippen LogP contribution in [0.2, 0.25) is 0 Å². The van der Waals surface area contributed by atoms with Gasteiger partial charge in [-0.05, 0) is 25.7 Å². The highest BCUT2D eigenvalue weighted by atomic mass is 16.5. The number of nitrogens with one attached hydrogen (secondary N) is 1. The van der Waals surface area contributed by atoms with Gasteiger partial charge >= 0.3 is 0 Å². The molecule has 1 heterocycles. The molecular formula is C11H21NO2. The molecule has 0 spiro atoms. The van der Waals surface area contributed by atoms with Crippen LogP contribution in [0, 0.1) is 5.41 Å². The summed E-state index contributed by atoms with van der Waals surface area (Å²) in [7, 11) is 0. The fourth-order valence-corrected chi connectivity index (χ4v) is 2.29. The molecule has 1 aliphatic carbocycles. The molecule has 2 rings (SSSR count). The maximum atomic E-state index is 9.52. The summed E-state index contributed by atoms with van der Waals surface area (Å²) < 4.78 is 5.21. The third-order valence-corrected chi connectivity index (χ3v) is 3.37. The van der Waals surface area contributed by atoms with E-state index < -0.39 is 0 Å². The zero-order valence-electron chi connectivity index (χ0n) is 8.96. The Hall–Kier alpha value is -0.120. The highest BCUT2D eigenvalue weighted by molar-refractivity contribution is 4.86. The van der Waals surface area contributed by atoms with E-state index in [9.17, 15) is 5.11 Å². The van der Waals surface area contributed by atoms with E-state index in [1.165, 1.54) is 6.42 Å². The fraction of sp³-hybridized carbons (Fsp3) is 1.00. The van der Waals surface area contributed by atoms with E-state index in [2.05, 4.69) is 12.2 Å². The number of hydrogen-bond acceptors (Lipinski definition) is 3. The van der Waals surface area contributed by atoms with Crippen LogP contribution in [-0.4, -0.2) is 37.0 Å². The number of ether oxygens (including phenoxy) is 1. The summed E-state index contributed by atoms with van der Waals surface area (Å²) in [6.45, 7) is 5.05. The fourth-order valence-electron chi connectivity index (χ4n) is 2.29. The van der Waals surface area contributed by atoms with Gasteiger partial charge in [0.05, 0.1) is 19.3 Å². The van der Waals surface area contributed by atoms with E-state index in [4.69, 9.17) is 4.74 Å². The summed E-state index contributed by atoms with van der Waals surface area (Å²) in [4.78, 5) is 0. The Kier molecular flexibility index (Phi) is 3.10. The first-order valence-electron chi connectivity index (χ1n) is 5.67. The number of aliphatic hydroxyl groups excluding tert-OH is 1. The minimum Gasteiger partial charge on any atom is -0.393 e. The van der Waals surface area contributed by atoms with Crippen molar-refractivity contribution in [3.8, 4) is 0 Å². The monoisotopic (exact) mass is 199 g/mol. The molecule has 0 amide bonds. The van der Waals surface area contributed by atoms with Crippen molar-refractivity contribution < 1.29 is 9.84 Å². The van der Waals surface area contributed by atoms with Crippen LogP contribution in [0.5, 0.6) is 0 Å². The molecule has 3 heteroatoms. The first-order valence-corrected chi connectivity index (χ1v) is 5.67. The molecule has 2 aliphatic rings. The quantitative estimate of drug-likeness (QED) is 0.710. The minimum atomic E-state index is -0.0771. The van der Waals surface area contributed by atoms with Crippen LogP contribution in [0.4, 0.5) is 0 Å². The Morgan fingerprint density at radius 1 is 1.43 bits per heavy atom. The first-order chi connectivity index (χ1) is 6.68.